The van der Waals surface area contributed by atoms with Crippen molar-refractivity contribution in [1.29, 1.82) is 0 Å². The number of carbonyl (C=O) groups is 1. The SMILES string of the molecule is CC(C)Cc1cc(N)c(=O)n(C)c1C(=O)O. The summed E-state index contributed by atoms with van der Waals surface area (Å²) in [5, 5.41) is 9.07. The highest BCUT2D eigenvalue weighted by Crippen LogP contribution is 2.14. The lowest BCUT2D eigenvalue weighted by molar-refractivity contribution is 0.0683. The molecule has 0 fully saturated rings. The van der Waals surface area contributed by atoms with Crippen molar-refractivity contribution in [3.8, 4) is 0 Å². The average molecular weight is 224 g/mol. The van der Waals surface area contributed by atoms with Crippen molar-refractivity contribution >= 4 is 11.7 Å². The Labute approximate surface area is 93.5 Å². The molecular formula is C11H16N2O3. The minimum Gasteiger partial charge on any atom is -0.477 e. The third kappa shape index (κ3) is 2.24. The molecule has 0 unspecified atom stereocenters. The normalized spacial score (nSPS) is 10.8. The van der Waals surface area contributed by atoms with Crippen molar-refractivity contribution in [1.82, 2.24) is 4.57 Å². The van der Waals surface area contributed by atoms with E-state index in [4.69, 9.17) is 10.8 Å². The number of hydrogen-bond acceptors (Lipinski definition) is 3. The first-order chi connectivity index (χ1) is 7.34. The van der Waals surface area contributed by atoms with Crippen LogP contribution in [0.2, 0.25) is 0 Å². The number of carboxylic acids is 1. The highest BCUT2D eigenvalue weighted by molar-refractivity contribution is 5.87. The van der Waals surface area contributed by atoms with Crippen LogP contribution in [0.15, 0.2) is 10.9 Å². The van der Waals surface area contributed by atoms with Crippen molar-refractivity contribution in [2.75, 3.05) is 5.73 Å². The van der Waals surface area contributed by atoms with Crippen LogP contribution >= 0.6 is 0 Å². The van der Waals surface area contributed by atoms with Gasteiger partial charge >= 0.3 is 5.97 Å². The molecule has 0 aliphatic heterocycles. The van der Waals surface area contributed by atoms with Crippen molar-refractivity contribution < 1.29 is 9.90 Å². The second-order valence-corrected chi connectivity index (χ2v) is 4.24. The molecule has 0 aliphatic rings. The number of nitrogen functional groups attached to an aromatic ring is 1. The number of aromatic carboxylic acids is 1. The van der Waals surface area contributed by atoms with Gasteiger partial charge in [0.15, 0.2) is 0 Å². The zero-order valence-corrected chi connectivity index (χ0v) is 9.65. The Hall–Kier alpha value is -1.78. The van der Waals surface area contributed by atoms with Crippen LogP contribution in [-0.2, 0) is 13.5 Å². The molecule has 1 aromatic rings. The molecule has 0 saturated carbocycles. The Morgan fingerprint density at radius 1 is 1.56 bits per heavy atom. The predicted molar refractivity (Wildman–Crippen MR) is 61.6 cm³/mol. The maximum absolute atomic E-state index is 11.5. The number of rotatable bonds is 3. The Kier molecular flexibility index (Phi) is 3.37. The number of hydrogen-bond donors (Lipinski definition) is 2. The minimum absolute atomic E-state index is 0.0212. The van der Waals surface area contributed by atoms with Gasteiger partial charge in [-0.25, -0.2) is 4.79 Å². The van der Waals surface area contributed by atoms with E-state index >= 15 is 0 Å². The van der Waals surface area contributed by atoms with Gasteiger partial charge in [0.05, 0.1) is 5.69 Å². The molecule has 0 atom stereocenters. The van der Waals surface area contributed by atoms with Crippen molar-refractivity contribution in [2.24, 2.45) is 13.0 Å². The first-order valence-electron chi connectivity index (χ1n) is 5.06. The third-order valence-corrected chi connectivity index (χ3v) is 2.35. The average Bonchev–Trinajstić information content (AvgIpc) is 2.12. The number of nitrogens with two attached hydrogens (primary N) is 1. The largest absolute Gasteiger partial charge is 0.477 e. The summed E-state index contributed by atoms with van der Waals surface area (Å²) < 4.78 is 1.09. The summed E-state index contributed by atoms with van der Waals surface area (Å²) in [6.07, 6.45) is 0.583. The molecule has 1 aromatic heterocycles. The molecule has 16 heavy (non-hydrogen) atoms. The van der Waals surface area contributed by atoms with Gasteiger partial charge in [-0.05, 0) is 24.0 Å². The number of anilines is 1. The van der Waals surface area contributed by atoms with Crippen LogP contribution in [0, 0.1) is 5.92 Å². The molecule has 1 rings (SSSR count). The van der Waals surface area contributed by atoms with E-state index in [0.717, 1.165) is 4.57 Å². The van der Waals surface area contributed by atoms with E-state index in [-0.39, 0.29) is 11.4 Å². The summed E-state index contributed by atoms with van der Waals surface area (Å²) >= 11 is 0. The van der Waals surface area contributed by atoms with Crippen LogP contribution < -0.4 is 11.3 Å². The molecule has 1 heterocycles. The quantitative estimate of drug-likeness (QED) is 0.797. The number of nitrogens with zero attached hydrogens (tertiary/aromatic N) is 1. The molecule has 0 radical (unpaired) electrons. The van der Waals surface area contributed by atoms with Gasteiger partial charge in [0.1, 0.15) is 5.69 Å². The van der Waals surface area contributed by atoms with Crippen molar-refractivity contribution in [3.05, 3.63) is 27.7 Å². The summed E-state index contributed by atoms with van der Waals surface area (Å²) in [4.78, 5) is 22.6. The van der Waals surface area contributed by atoms with E-state index in [1.165, 1.54) is 13.1 Å². The van der Waals surface area contributed by atoms with Crippen LogP contribution in [0.3, 0.4) is 0 Å². The molecule has 0 bridgehead atoms. The van der Waals surface area contributed by atoms with Crippen LogP contribution in [0.5, 0.6) is 0 Å². The Morgan fingerprint density at radius 2 is 2.12 bits per heavy atom. The topological polar surface area (TPSA) is 85.3 Å². The van der Waals surface area contributed by atoms with E-state index in [2.05, 4.69) is 0 Å². The fourth-order valence-electron chi connectivity index (χ4n) is 1.70. The molecule has 3 N–H and O–H groups in total. The molecule has 88 valence electrons. The molecule has 0 aromatic carbocycles. The van der Waals surface area contributed by atoms with Crippen LogP contribution in [0.1, 0.15) is 29.9 Å². The van der Waals surface area contributed by atoms with Gasteiger partial charge in [-0.15, -0.1) is 0 Å². The molecule has 0 spiro atoms. The van der Waals surface area contributed by atoms with Crippen LogP contribution in [0.4, 0.5) is 5.69 Å². The maximum Gasteiger partial charge on any atom is 0.352 e. The zero-order valence-electron chi connectivity index (χ0n) is 9.65. The van der Waals surface area contributed by atoms with Gasteiger partial charge < -0.3 is 15.4 Å². The Morgan fingerprint density at radius 3 is 2.56 bits per heavy atom. The van der Waals surface area contributed by atoms with E-state index in [0.29, 0.717) is 17.9 Å². The summed E-state index contributed by atoms with van der Waals surface area (Å²) in [7, 11) is 1.42. The fourth-order valence-corrected chi connectivity index (χ4v) is 1.70. The molecular weight excluding hydrogens is 208 g/mol. The highest BCUT2D eigenvalue weighted by Gasteiger charge is 2.17. The fraction of sp³-hybridized carbons (Fsp3) is 0.455. The van der Waals surface area contributed by atoms with Crippen molar-refractivity contribution in [2.45, 2.75) is 20.3 Å². The standard InChI is InChI=1S/C11H16N2O3/c1-6(2)4-7-5-8(12)10(14)13(3)9(7)11(15)16/h5-6H,4,12H2,1-3H3,(H,15,16). The predicted octanol–water partition coefficient (Wildman–Crippen LogP) is 0.864. The van der Waals surface area contributed by atoms with Gasteiger partial charge in [-0.1, -0.05) is 13.8 Å². The number of carboxylic acid groups (broad SMARTS) is 1. The minimum atomic E-state index is -1.10. The lowest BCUT2D eigenvalue weighted by Crippen LogP contribution is -2.27. The monoisotopic (exact) mass is 224 g/mol. The number of pyridine rings is 1. The van der Waals surface area contributed by atoms with Crippen molar-refractivity contribution in [3.63, 3.8) is 0 Å². The summed E-state index contributed by atoms with van der Waals surface area (Å²) in [5.74, 6) is -0.801. The summed E-state index contributed by atoms with van der Waals surface area (Å²) in [6, 6.07) is 1.46. The molecule has 5 nitrogen and oxygen atoms in total. The molecule has 5 heteroatoms. The van der Waals surface area contributed by atoms with Gasteiger partial charge in [0.25, 0.3) is 5.56 Å². The van der Waals surface area contributed by atoms with Gasteiger partial charge in [-0.2, -0.15) is 0 Å². The lowest BCUT2D eigenvalue weighted by Gasteiger charge is -2.13. The molecule has 0 saturated heterocycles. The highest BCUT2D eigenvalue weighted by atomic mass is 16.4. The molecule has 0 amide bonds. The second-order valence-electron chi connectivity index (χ2n) is 4.24. The Balaban J connectivity index is 3.47. The third-order valence-electron chi connectivity index (χ3n) is 2.35. The first kappa shape index (κ1) is 12.3. The van der Waals surface area contributed by atoms with Gasteiger partial charge in [-0.3, -0.25) is 4.79 Å². The van der Waals surface area contributed by atoms with Gasteiger partial charge in [0.2, 0.25) is 0 Å². The summed E-state index contributed by atoms with van der Waals surface area (Å²) in [5.41, 5.74) is 5.78. The van der Waals surface area contributed by atoms with E-state index in [9.17, 15) is 9.59 Å². The summed E-state index contributed by atoms with van der Waals surface area (Å²) in [6.45, 7) is 3.96. The van der Waals surface area contributed by atoms with Crippen LogP contribution in [-0.4, -0.2) is 15.6 Å². The Bertz CT molecular complexity index is 475. The maximum atomic E-state index is 11.5. The lowest BCUT2D eigenvalue weighted by atomic mass is 10.0. The second kappa shape index (κ2) is 4.38. The van der Waals surface area contributed by atoms with Crippen LogP contribution in [0.25, 0.3) is 0 Å². The zero-order chi connectivity index (χ0) is 12.5. The van der Waals surface area contributed by atoms with Gasteiger partial charge in [0, 0.05) is 7.05 Å². The first-order valence-corrected chi connectivity index (χ1v) is 5.06. The van der Waals surface area contributed by atoms with E-state index in [1.807, 2.05) is 13.8 Å². The molecule has 0 aliphatic carbocycles. The smallest absolute Gasteiger partial charge is 0.352 e. The number of aromatic nitrogens is 1. The van der Waals surface area contributed by atoms with E-state index < -0.39 is 11.5 Å². The van der Waals surface area contributed by atoms with E-state index in [1.54, 1.807) is 0 Å².